The molecule has 0 aromatic carbocycles. The highest BCUT2D eigenvalue weighted by atomic mass is 19.4. The van der Waals surface area contributed by atoms with E-state index in [0.717, 1.165) is 20.9 Å². The zero-order valence-corrected chi connectivity index (χ0v) is 7.50. The molecule has 0 aliphatic heterocycles. The van der Waals surface area contributed by atoms with Crippen molar-refractivity contribution < 1.29 is 22.4 Å². The zero-order chi connectivity index (χ0) is 10.9. The molecule has 1 atom stereocenters. The van der Waals surface area contributed by atoms with Crippen molar-refractivity contribution in [3.05, 3.63) is 0 Å². The molecule has 0 radical (unpaired) electrons. The van der Waals surface area contributed by atoms with Crippen LogP contribution in [0.4, 0.5) is 17.6 Å². The van der Waals surface area contributed by atoms with Crippen molar-refractivity contribution in [2.45, 2.75) is 25.7 Å². The first-order valence-corrected chi connectivity index (χ1v) is 3.65. The summed E-state index contributed by atoms with van der Waals surface area (Å²) in [5.41, 5.74) is -3.80. The standard InChI is InChI=1S/C7H11F4NO/c1-4(2)6(8,5(13)12-3)7(9,10)11/h4H,1-3H3,(H,12,13). The van der Waals surface area contributed by atoms with E-state index in [2.05, 4.69) is 0 Å². The molecule has 0 rings (SSSR count). The molecule has 0 aliphatic carbocycles. The average molecular weight is 201 g/mol. The highest BCUT2D eigenvalue weighted by molar-refractivity contribution is 5.86. The maximum atomic E-state index is 13.3. The molecule has 13 heavy (non-hydrogen) atoms. The van der Waals surface area contributed by atoms with Crippen LogP contribution in [0.1, 0.15) is 13.8 Å². The third-order valence-electron chi connectivity index (χ3n) is 1.77. The van der Waals surface area contributed by atoms with Crippen molar-refractivity contribution in [3.8, 4) is 0 Å². The Hall–Kier alpha value is -0.810. The first-order valence-electron chi connectivity index (χ1n) is 3.65. The fourth-order valence-corrected chi connectivity index (χ4v) is 0.900. The molecule has 0 aromatic heterocycles. The third-order valence-corrected chi connectivity index (χ3v) is 1.77. The Morgan fingerprint density at radius 3 is 1.69 bits per heavy atom. The Morgan fingerprint density at radius 2 is 1.62 bits per heavy atom. The predicted molar refractivity (Wildman–Crippen MR) is 38.8 cm³/mol. The second-order valence-corrected chi connectivity index (χ2v) is 2.94. The van der Waals surface area contributed by atoms with Crippen LogP contribution >= 0.6 is 0 Å². The number of rotatable bonds is 2. The fraction of sp³-hybridized carbons (Fsp3) is 0.857. The third kappa shape index (κ3) is 1.92. The van der Waals surface area contributed by atoms with Crippen LogP contribution in [-0.4, -0.2) is 24.8 Å². The number of nitrogens with one attached hydrogen (secondary N) is 1. The summed E-state index contributed by atoms with van der Waals surface area (Å²) in [6, 6.07) is 0. The molecule has 2 nitrogen and oxygen atoms in total. The minimum atomic E-state index is -5.18. The quantitative estimate of drug-likeness (QED) is 0.676. The summed E-state index contributed by atoms with van der Waals surface area (Å²) >= 11 is 0. The van der Waals surface area contributed by atoms with Crippen LogP contribution < -0.4 is 5.32 Å². The Bertz CT molecular complexity index is 201. The van der Waals surface area contributed by atoms with Crippen LogP contribution in [0.25, 0.3) is 0 Å². The summed E-state index contributed by atoms with van der Waals surface area (Å²) in [4.78, 5) is 10.7. The van der Waals surface area contributed by atoms with Gasteiger partial charge < -0.3 is 5.32 Å². The molecule has 0 bridgehead atoms. The van der Waals surface area contributed by atoms with Crippen LogP contribution in [0.2, 0.25) is 0 Å². The van der Waals surface area contributed by atoms with E-state index in [1.165, 1.54) is 0 Å². The van der Waals surface area contributed by atoms with Crippen molar-refractivity contribution in [3.63, 3.8) is 0 Å². The van der Waals surface area contributed by atoms with Gasteiger partial charge in [-0.2, -0.15) is 13.2 Å². The number of carbonyl (C=O) groups excluding carboxylic acids is 1. The van der Waals surface area contributed by atoms with Gasteiger partial charge in [0.25, 0.3) is 11.6 Å². The molecule has 0 heterocycles. The highest BCUT2D eigenvalue weighted by Gasteiger charge is 2.63. The van der Waals surface area contributed by atoms with Crippen molar-refractivity contribution in [1.82, 2.24) is 5.32 Å². The normalized spacial score (nSPS) is 16.9. The maximum Gasteiger partial charge on any atom is 0.431 e. The van der Waals surface area contributed by atoms with E-state index in [1.807, 2.05) is 0 Å². The Balaban J connectivity index is 5.08. The summed E-state index contributed by atoms with van der Waals surface area (Å²) < 4.78 is 49.7. The predicted octanol–water partition coefficient (Wildman–Crippen LogP) is 1.66. The molecule has 0 spiro atoms. The lowest BCUT2D eigenvalue weighted by Crippen LogP contribution is -2.56. The van der Waals surface area contributed by atoms with E-state index in [0.29, 0.717) is 0 Å². The molecule has 6 heteroatoms. The van der Waals surface area contributed by atoms with Gasteiger partial charge in [-0.05, 0) is 0 Å². The molecule has 0 saturated heterocycles. The SMILES string of the molecule is CNC(=O)C(F)(C(C)C)C(F)(F)F. The summed E-state index contributed by atoms with van der Waals surface area (Å²) in [6.45, 7) is 2.01. The first kappa shape index (κ1) is 12.2. The van der Waals surface area contributed by atoms with Gasteiger partial charge in [0.15, 0.2) is 0 Å². The van der Waals surface area contributed by atoms with Gasteiger partial charge in [-0.3, -0.25) is 4.79 Å². The van der Waals surface area contributed by atoms with Crippen LogP contribution in [0.3, 0.4) is 0 Å². The largest absolute Gasteiger partial charge is 0.431 e. The molecule has 0 fully saturated rings. The van der Waals surface area contributed by atoms with Crippen molar-refractivity contribution in [1.29, 1.82) is 0 Å². The van der Waals surface area contributed by atoms with Crippen LogP contribution in [0.15, 0.2) is 0 Å². The van der Waals surface area contributed by atoms with E-state index in [1.54, 1.807) is 5.32 Å². The number of amides is 1. The second-order valence-electron chi connectivity index (χ2n) is 2.94. The molecule has 1 N–H and O–H groups in total. The minimum absolute atomic E-state index is 0.963. The molecule has 78 valence electrons. The summed E-state index contributed by atoms with van der Waals surface area (Å²) in [7, 11) is 0.963. The topological polar surface area (TPSA) is 29.1 Å². The molecule has 0 aliphatic rings. The molecule has 0 saturated carbocycles. The van der Waals surface area contributed by atoms with E-state index in [-0.39, 0.29) is 0 Å². The van der Waals surface area contributed by atoms with Crippen LogP contribution in [0.5, 0.6) is 0 Å². The summed E-state index contributed by atoms with van der Waals surface area (Å²) in [5, 5.41) is 1.66. The molecule has 0 aromatic rings. The van der Waals surface area contributed by atoms with Gasteiger partial charge in [-0.15, -0.1) is 0 Å². The number of hydrogen-bond donors (Lipinski definition) is 1. The first-order chi connectivity index (χ1) is 5.67. The molecular weight excluding hydrogens is 190 g/mol. The van der Waals surface area contributed by atoms with E-state index >= 15 is 0 Å². The lowest BCUT2D eigenvalue weighted by atomic mass is 9.90. The number of hydrogen-bond acceptors (Lipinski definition) is 1. The summed E-state index contributed by atoms with van der Waals surface area (Å²) in [6.07, 6.45) is -5.18. The minimum Gasteiger partial charge on any atom is -0.356 e. The second kappa shape index (κ2) is 3.51. The van der Waals surface area contributed by atoms with Crippen molar-refractivity contribution in [2.24, 2.45) is 5.92 Å². The number of carbonyl (C=O) groups is 1. The molecule has 1 amide bonds. The van der Waals surface area contributed by atoms with Gasteiger partial charge in [0.1, 0.15) is 0 Å². The fourth-order valence-electron chi connectivity index (χ4n) is 0.900. The molecule has 1 unspecified atom stereocenters. The zero-order valence-electron chi connectivity index (χ0n) is 7.50. The Morgan fingerprint density at radius 1 is 1.23 bits per heavy atom. The smallest absolute Gasteiger partial charge is 0.356 e. The van der Waals surface area contributed by atoms with Crippen molar-refractivity contribution in [2.75, 3.05) is 7.05 Å². The Kier molecular flexibility index (Phi) is 3.29. The lowest BCUT2D eigenvalue weighted by molar-refractivity contribution is -0.238. The van der Waals surface area contributed by atoms with Crippen LogP contribution in [-0.2, 0) is 4.79 Å². The highest BCUT2D eigenvalue weighted by Crippen LogP contribution is 2.39. The monoisotopic (exact) mass is 201 g/mol. The number of halogens is 4. The Labute approximate surface area is 73.3 Å². The van der Waals surface area contributed by atoms with Gasteiger partial charge in [0.2, 0.25) is 0 Å². The number of alkyl halides is 4. The van der Waals surface area contributed by atoms with Gasteiger partial charge in [0, 0.05) is 13.0 Å². The maximum absolute atomic E-state index is 13.3. The van der Waals surface area contributed by atoms with Gasteiger partial charge in [0.05, 0.1) is 0 Å². The van der Waals surface area contributed by atoms with E-state index in [9.17, 15) is 22.4 Å². The summed E-state index contributed by atoms with van der Waals surface area (Å²) in [5.74, 6) is -3.11. The lowest BCUT2D eigenvalue weighted by Gasteiger charge is -2.29. The van der Waals surface area contributed by atoms with Gasteiger partial charge in [-0.25, -0.2) is 4.39 Å². The van der Waals surface area contributed by atoms with Crippen molar-refractivity contribution >= 4 is 5.91 Å². The molecular formula is C7H11F4NO. The van der Waals surface area contributed by atoms with Crippen LogP contribution in [0, 0.1) is 5.92 Å². The van der Waals surface area contributed by atoms with Gasteiger partial charge >= 0.3 is 6.18 Å². The average Bonchev–Trinajstić information content (AvgIpc) is 1.98. The van der Waals surface area contributed by atoms with E-state index in [4.69, 9.17) is 0 Å². The van der Waals surface area contributed by atoms with Gasteiger partial charge in [-0.1, -0.05) is 13.8 Å². The van der Waals surface area contributed by atoms with E-state index < -0.39 is 23.7 Å².